The van der Waals surface area contributed by atoms with E-state index in [1.807, 2.05) is 6.92 Å². The molecule has 4 saturated heterocycles. The first-order chi connectivity index (χ1) is 25.5. The smallest absolute Gasteiger partial charge is 0.306 e. The SMILES string of the molecule is CC[C@H]1CCC[C@H](O[C@H]2CC[C@H](N(C)C)C(C)O2)[C@@H](C)C(=O)C2C[C@H]3[C@@H]4C[C@H](O[C@@H]5OC(C)[C@H](OC)C(OC)C5OC)C[C@H]4[C@H]4O[C@H]4[C@H]3[C@@H]2CC(=O)O1. The second-order valence-corrected chi connectivity index (χ2v) is 17.6. The summed E-state index contributed by atoms with van der Waals surface area (Å²) in [7, 11) is 9.18. The summed E-state index contributed by atoms with van der Waals surface area (Å²) in [4.78, 5) is 30.7. The van der Waals surface area contributed by atoms with Crippen LogP contribution in [0.1, 0.15) is 91.9 Å². The zero-order valence-corrected chi connectivity index (χ0v) is 33.6. The molecule has 4 aliphatic heterocycles. The van der Waals surface area contributed by atoms with Gasteiger partial charge in [0.1, 0.15) is 30.2 Å². The van der Waals surface area contributed by atoms with Gasteiger partial charge in [0.15, 0.2) is 12.6 Å². The first-order valence-corrected chi connectivity index (χ1v) is 20.7. The minimum atomic E-state index is -0.590. The average Bonchev–Trinajstić information content (AvgIpc) is 3.67. The quantitative estimate of drug-likeness (QED) is 0.238. The number of likely N-dealkylation sites (N-methyl/N-ethyl adjacent to an activating group) is 1. The maximum absolute atomic E-state index is 14.8. The van der Waals surface area contributed by atoms with E-state index in [0.29, 0.717) is 17.9 Å². The molecule has 7 rings (SSSR count). The van der Waals surface area contributed by atoms with Crippen molar-refractivity contribution in [1.29, 1.82) is 0 Å². The van der Waals surface area contributed by atoms with Gasteiger partial charge in [-0.15, -0.1) is 0 Å². The minimum Gasteiger partial charge on any atom is -0.462 e. The van der Waals surface area contributed by atoms with Gasteiger partial charge in [-0.25, -0.2) is 0 Å². The van der Waals surface area contributed by atoms with Crippen LogP contribution in [0.2, 0.25) is 0 Å². The predicted octanol–water partition coefficient (Wildman–Crippen LogP) is 4.78. The number of esters is 1. The van der Waals surface area contributed by atoms with Gasteiger partial charge in [-0.2, -0.15) is 0 Å². The fourth-order valence-corrected chi connectivity index (χ4v) is 11.9. The summed E-state index contributed by atoms with van der Waals surface area (Å²) in [6.07, 6.45) is 5.24. The molecule has 53 heavy (non-hydrogen) atoms. The molecule has 0 bridgehead atoms. The Morgan fingerprint density at radius 2 is 1.47 bits per heavy atom. The topological polar surface area (TPSA) is 124 Å². The van der Waals surface area contributed by atoms with Crippen molar-refractivity contribution in [2.45, 2.75) is 172 Å². The van der Waals surface area contributed by atoms with Gasteiger partial charge in [0, 0.05) is 45.6 Å². The lowest BCUT2D eigenvalue weighted by Crippen LogP contribution is -2.59. The Morgan fingerprint density at radius 1 is 0.736 bits per heavy atom. The maximum atomic E-state index is 14.8. The zero-order chi connectivity index (χ0) is 37.7. The van der Waals surface area contributed by atoms with Gasteiger partial charge in [0.05, 0.1) is 36.6 Å². The van der Waals surface area contributed by atoms with Crippen LogP contribution >= 0.6 is 0 Å². The molecule has 5 unspecified atom stereocenters. The first kappa shape index (κ1) is 40.0. The van der Waals surface area contributed by atoms with E-state index in [1.54, 1.807) is 21.3 Å². The second-order valence-electron chi connectivity index (χ2n) is 17.6. The molecule has 20 atom stereocenters. The summed E-state index contributed by atoms with van der Waals surface area (Å²) >= 11 is 0. The van der Waals surface area contributed by atoms with Gasteiger partial charge >= 0.3 is 5.97 Å². The van der Waals surface area contributed by atoms with Crippen molar-refractivity contribution >= 4 is 11.8 Å². The zero-order valence-electron chi connectivity index (χ0n) is 33.6. The maximum Gasteiger partial charge on any atom is 0.306 e. The number of hydrogen-bond acceptors (Lipinski definition) is 12. The number of carbonyl (C=O) groups excluding carboxylic acids is 2. The molecule has 302 valence electrons. The van der Waals surface area contributed by atoms with Crippen LogP contribution in [-0.2, 0) is 52.2 Å². The monoisotopic (exact) mass is 749 g/mol. The first-order valence-electron chi connectivity index (χ1n) is 20.7. The standard InChI is InChI=1S/C41H67NO11/c1-10-23-12-11-13-31(52-33-15-14-30(42(5)6)21(3)48-33)20(2)35(44)28-18-26-25-16-24(51-41-40(47-9)39(46-8)36(45-7)22(4)49-41)17-29(25)37-38(53-37)34(26)27(28)19-32(43)50-23/h20-31,33-34,36-41H,10-19H2,1-9H3/t20-,21?,22?,23+,24+,25+,26+,27-,28?,29-,30+,31+,33+,34-,36+,37-,38+,39?,40?,41+/m1/s1. The molecule has 12 nitrogen and oxygen atoms in total. The van der Waals surface area contributed by atoms with Gasteiger partial charge in [0.25, 0.3) is 0 Å². The van der Waals surface area contributed by atoms with Crippen LogP contribution < -0.4 is 0 Å². The Balaban J connectivity index is 1.09. The van der Waals surface area contributed by atoms with Crippen LogP contribution in [0.25, 0.3) is 0 Å². The largest absolute Gasteiger partial charge is 0.462 e. The molecule has 0 aromatic rings. The molecule has 0 amide bonds. The highest BCUT2D eigenvalue weighted by Gasteiger charge is 2.68. The molecule has 0 spiro atoms. The summed E-state index contributed by atoms with van der Waals surface area (Å²) in [5.74, 6) is 0.450. The van der Waals surface area contributed by atoms with Crippen molar-refractivity contribution in [2.75, 3.05) is 35.4 Å². The lowest BCUT2D eigenvalue weighted by molar-refractivity contribution is -0.314. The summed E-state index contributed by atoms with van der Waals surface area (Å²) in [5, 5.41) is 0. The highest BCUT2D eigenvalue weighted by atomic mass is 16.7. The number of ether oxygens (including phenoxy) is 9. The number of ketones is 1. The van der Waals surface area contributed by atoms with Crippen LogP contribution in [0, 0.1) is 41.4 Å². The van der Waals surface area contributed by atoms with Gasteiger partial charge in [-0.3, -0.25) is 9.59 Å². The van der Waals surface area contributed by atoms with Gasteiger partial charge in [-0.05, 0) is 115 Å². The summed E-state index contributed by atoms with van der Waals surface area (Å²) in [6, 6.07) is 0.344. The molecule has 0 N–H and O–H groups in total. The Bertz CT molecular complexity index is 1270. The molecular formula is C41H67NO11. The summed E-state index contributed by atoms with van der Waals surface area (Å²) in [5.41, 5.74) is 0. The van der Waals surface area contributed by atoms with Gasteiger partial charge in [0.2, 0.25) is 0 Å². The summed E-state index contributed by atoms with van der Waals surface area (Å²) < 4.78 is 56.4. The second kappa shape index (κ2) is 16.7. The van der Waals surface area contributed by atoms with Crippen LogP contribution in [0.5, 0.6) is 0 Å². The Hall–Kier alpha value is -1.22. The number of carbonyl (C=O) groups is 2. The summed E-state index contributed by atoms with van der Waals surface area (Å²) in [6.45, 7) is 8.23. The van der Waals surface area contributed by atoms with E-state index >= 15 is 0 Å². The van der Waals surface area contributed by atoms with E-state index in [2.05, 4.69) is 39.8 Å². The molecule has 0 radical (unpaired) electrons. The predicted molar refractivity (Wildman–Crippen MR) is 194 cm³/mol. The van der Waals surface area contributed by atoms with Crippen molar-refractivity contribution in [2.24, 2.45) is 41.4 Å². The van der Waals surface area contributed by atoms with E-state index in [0.717, 1.165) is 57.8 Å². The lowest BCUT2D eigenvalue weighted by atomic mass is 9.67. The van der Waals surface area contributed by atoms with E-state index in [4.69, 9.17) is 42.6 Å². The van der Waals surface area contributed by atoms with Crippen molar-refractivity contribution in [3.63, 3.8) is 0 Å². The molecular weight excluding hydrogens is 682 g/mol. The molecule has 12 heteroatoms. The fraction of sp³-hybridized carbons (Fsp3) is 0.951. The molecule has 0 aromatic carbocycles. The molecule has 3 saturated carbocycles. The normalized spacial score (nSPS) is 50.3. The van der Waals surface area contributed by atoms with Crippen LogP contribution in [0.4, 0.5) is 0 Å². The molecule has 0 aromatic heterocycles. The minimum absolute atomic E-state index is 0.0423. The number of fused-ring (bicyclic) bond motifs is 8. The molecule has 4 heterocycles. The number of hydrogen-bond donors (Lipinski definition) is 0. The highest BCUT2D eigenvalue weighted by Crippen LogP contribution is 2.65. The third-order valence-electron chi connectivity index (χ3n) is 14.6. The Morgan fingerprint density at radius 3 is 2.15 bits per heavy atom. The van der Waals surface area contributed by atoms with Gasteiger partial charge in [-0.1, -0.05) is 13.8 Å². The van der Waals surface area contributed by atoms with Crippen LogP contribution in [0.15, 0.2) is 0 Å². The van der Waals surface area contributed by atoms with Crippen LogP contribution in [-0.4, -0.2) is 132 Å². The van der Waals surface area contributed by atoms with Crippen molar-refractivity contribution < 1.29 is 52.2 Å². The Kier molecular flexibility index (Phi) is 12.6. The lowest BCUT2D eigenvalue weighted by Gasteiger charge is -2.44. The number of epoxide rings is 1. The van der Waals surface area contributed by atoms with Gasteiger partial charge < -0.3 is 47.5 Å². The average molecular weight is 750 g/mol. The Labute approximate surface area is 316 Å². The number of nitrogens with zero attached hydrogens (tertiary/aromatic N) is 1. The number of rotatable bonds is 9. The number of cyclic esters (lactones) is 1. The van der Waals surface area contributed by atoms with Crippen molar-refractivity contribution in [3.8, 4) is 0 Å². The molecule has 3 aliphatic carbocycles. The molecule has 7 fully saturated rings. The van der Waals surface area contributed by atoms with E-state index in [9.17, 15) is 9.59 Å². The molecule has 7 aliphatic rings. The van der Waals surface area contributed by atoms with E-state index < -0.39 is 12.4 Å². The third kappa shape index (κ3) is 7.89. The van der Waals surface area contributed by atoms with Crippen molar-refractivity contribution in [1.82, 2.24) is 4.90 Å². The number of Topliss-reactive ketones (excluding diaryl/α,β-unsaturated/α-hetero) is 1. The van der Waals surface area contributed by atoms with E-state index in [1.165, 1.54) is 0 Å². The third-order valence-corrected chi connectivity index (χ3v) is 14.6. The highest BCUT2D eigenvalue weighted by molar-refractivity contribution is 5.85. The number of methoxy groups -OCH3 is 3. The van der Waals surface area contributed by atoms with Crippen LogP contribution in [0.3, 0.4) is 0 Å². The van der Waals surface area contributed by atoms with Crippen molar-refractivity contribution in [3.05, 3.63) is 0 Å². The fourth-order valence-electron chi connectivity index (χ4n) is 11.9. The van der Waals surface area contributed by atoms with E-state index in [-0.39, 0.29) is 109 Å².